The quantitative estimate of drug-likeness (QED) is 0.709. The molecule has 3 nitrogen and oxygen atoms in total. The summed E-state index contributed by atoms with van der Waals surface area (Å²) in [6, 6.07) is 0. The zero-order valence-electron chi connectivity index (χ0n) is 16.2. The van der Waals surface area contributed by atoms with Crippen LogP contribution in [0.4, 0.5) is 0 Å². The van der Waals surface area contributed by atoms with Crippen molar-refractivity contribution < 1.29 is 14.9 Å². The Labute approximate surface area is 152 Å². The Hall–Kier alpha value is -0.120. The summed E-state index contributed by atoms with van der Waals surface area (Å²) < 4.78 is 5.89. The first-order valence-electron chi connectivity index (χ1n) is 10.8. The van der Waals surface area contributed by atoms with Crippen molar-refractivity contribution in [2.75, 3.05) is 6.61 Å². The van der Waals surface area contributed by atoms with Crippen molar-refractivity contribution in [2.24, 2.45) is 40.4 Å². The molecule has 0 bridgehead atoms. The normalized spacial score (nSPS) is 63.5. The minimum Gasteiger partial charge on any atom is -0.393 e. The fourth-order valence-corrected chi connectivity index (χ4v) is 8.60. The lowest BCUT2D eigenvalue weighted by molar-refractivity contribution is -0.172. The molecule has 3 heteroatoms. The molecule has 0 aromatic heterocycles. The summed E-state index contributed by atoms with van der Waals surface area (Å²) in [4.78, 5) is 0. The van der Waals surface area contributed by atoms with Gasteiger partial charge in [-0.3, -0.25) is 0 Å². The summed E-state index contributed by atoms with van der Waals surface area (Å²) in [6.07, 6.45) is 8.72. The van der Waals surface area contributed by atoms with E-state index in [2.05, 4.69) is 20.8 Å². The van der Waals surface area contributed by atoms with Crippen LogP contribution < -0.4 is 0 Å². The summed E-state index contributed by atoms with van der Waals surface area (Å²) in [5.74, 6) is 3.21. The second kappa shape index (κ2) is 5.23. The maximum atomic E-state index is 11.0. The molecule has 1 heterocycles. The lowest BCUT2D eigenvalue weighted by atomic mass is 9.44. The summed E-state index contributed by atoms with van der Waals surface area (Å²) >= 11 is 0. The van der Waals surface area contributed by atoms with Crippen LogP contribution in [0, 0.1) is 40.4 Å². The highest BCUT2D eigenvalue weighted by Crippen LogP contribution is 2.69. The number of rotatable bonds is 1. The minimum atomic E-state index is -0.213. The van der Waals surface area contributed by atoms with E-state index in [0.717, 1.165) is 44.1 Å². The first kappa shape index (κ1) is 17.0. The van der Waals surface area contributed by atoms with Gasteiger partial charge in [-0.1, -0.05) is 13.8 Å². The Morgan fingerprint density at radius 1 is 0.800 bits per heavy atom. The molecule has 10 atom stereocenters. The van der Waals surface area contributed by atoms with Crippen molar-refractivity contribution in [2.45, 2.75) is 89.9 Å². The lowest BCUT2D eigenvalue weighted by Gasteiger charge is -2.62. The first-order chi connectivity index (χ1) is 11.8. The van der Waals surface area contributed by atoms with Gasteiger partial charge in [0.15, 0.2) is 0 Å². The van der Waals surface area contributed by atoms with Crippen LogP contribution in [0.2, 0.25) is 0 Å². The predicted octanol–water partition coefficient (Wildman–Crippen LogP) is 3.77. The smallest absolute Gasteiger partial charge is 0.0921 e. The molecular weight excluding hydrogens is 312 g/mol. The zero-order chi connectivity index (χ0) is 17.6. The molecule has 25 heavy (non-hydrogen) atoms. The molecule has 5 fully saturated rings. The molecule has 0 aromatic carbocycles. The van der Waals surface area contributed by atoms with Gasteiger partial charge in [0.2, 0.25) is 0 Å². The Balaban J connectivity index is 1.46. The van der Waals surface area contributed by atoms with E-state index in [1.54, 1.807) is 0 Å². The molecule has 4 saturated carbocycles. The zero-order valence-corrected chi connectivity index (χ0v) is 16.2. The fraction of sp³-hybridized carbons (Fsp3) is 1.00. The number of aliphatic hydroxyl groups excluding tert-OH is 2. The van der Waals surface area contributed by atoms with E-state index in [1.807, 2.05) is 0 Å². The molecule has 142 valence electrons. The van der Waals surface area contributed by atoms with Crippen molar-refractivity contribution in [3.8, 4) is 0 Å². The summed E-state index contributed by atoms with van der Waals surface area (Å²) in [5, 5.41) is 21.2. The van der Waals surface area contributed by atoms with E-state index in [1.165, 1.54) is 25.7 Å². The van der Waals surface area contributed by atoms with Crippen molar-refractivity contribution in [1.82, 2.24) is 0 Å². The van der Waals surface area contributed by atoms with Gasteiger partial charge < -0.3 is 14.9 Å². The van der Waals surface area contributed by atoms with Crippen LogP contribution in [0.15, 0.2) is 0 Å². The minimum absolute atomic E-state index is 0.144. The highest BCUT2D eigenvalue weighted by atomic mass is 16.6. The number of aliphatic hydroxyl groups is 2. The summed E-state index contributed by atoms with van der Waals surface area (Å²) in [5.41, 5.74) is 0.787. The fourth-order valence-electron chi connectivity index (χ4n) is 8.60. The largest absolute Gasteiger partial charge is 0.393 e. The number of epoxide rings is 1. The number of hydrogen-bond acceptors (Lipinski definition) is 3. The van der Waals surface area contributed by atoms with Gasteiger partial charge in [0, 0.05) is 0 Å². The van der Waals surface area contributed by atoms with Crippen LogP contribution in [0.25, 0.3) is 0 Å². The second-order valence-corrected chi connectivity index (χ2v) is 11.0. The molecule has 5 rings (SSSR count). The van der Waals surface area contributed by atoms with Gasteiger partial charge in [0.05, 0.1) is 24.4 Å². The molecular formula is C22H36O3. The molecule has 0 aromatic rings. The van der Waals surface area contributed by atoms with Gasteiger partial charge in [-0.15, -0.1) is 0 Å². The van der Waals surface area contributed by atoms with Crippen LogP contribution >= 0.6 is 0 Å². The van der Waals surface area contributed by atoms with Crippen molar-refractivity contribution in [3.05, 3.63) is 0 Å². The summed E-state index contributed by atoms with van der Waals surface area (Å²) in [7, 11) is 0. The number of hydrogen-bond donors (Lipinski definition) is 2. The van der Waals surface area contributed by atoms with Crippen LogP contribution in [-0.4, -0.2) is 34.6 Å². The average Bonchev–Trinajstić information content (AvgIpc) is 3.18. The lowest BCUT2D eigenvalue weighted by Crippen LogP contribution is -2.58. The molecule has 0 radical (unpaired) electrons. The van der Waals surface area contributed by atoms with Crippen molar-refractivity contribution in [1.29, 1.82) is 0 Å². The Kier molecular flexibility index (Phi) is 3.56. The third-order valence-corrected chi connectivity index (χ3v) is 9.99. The van der Waals surface area contributed by atoms with E-state index in [9.17, 15) is 10.2 Å². The third kappa shape index (κ3) is 2.21. The Morgan fingerprint density at radius 3 is 2.20 bits per heavy atom. The molecule has 0 spiro atoms. The number of fused-ring (bicyclic) bond motifs is 5. The maximum Gasteiger partial charge on any atom is 0.0921 e. The second-order valence-electron chi connectivity index (χ2n) is 11.0. The van der Waals surface area contributed by atoms with Gasteiger partial charge in [0.1, 0.15) is 0 Å². The molecule has 2 N–H and O–H groups in total. The first-order valence-corrected chi connectivity index (χ1v) is 10.8. The molecule has 0 unspecified atom stereocenters. The average molecular weight is 349 g/mol. The van der Waals surface area contributed by atoms with Crippen molar-refractivity contribution >= 4 is 0 Å². The predicted molar refractivity (Wildman–Crippen MR) is 97.0 cm³/mol. The highest BCUT2D eigenvalue weighted by molar-refractivity contribution is 5.14. The Morgan fingerprint density at radius 2 is 1.48 bits per heavy atom. The van der Waals surface area contributed by atoms with E-state index >= 15 is 0 Å². The maximum absolute atomic E-state index is 11.0. The van der Waals surface area contributed by atoms with Crippen LogP contribution in [0.5, 0.6) is 0 Å². The van der Waals surface area contributed by atoms with Gasteiger partial charge >= 0.3 is 0 Å². The van der Waals surface area contributed by atoms with Crippen molar-refractivity contribution in [3.63, 3.8) is 0 Å². The third-order valence-electron chi connectivity index (χ3n) is 9.99. The van der Waals surface area contributed by atoms with Crippen LogP contribution in [0.1, 0.15) is 72.1 Å². The standard InChI is InChI=1S/C22H36O3/c1-20-8-6-13(23)10-17(20)18(24)11-14-15-4-5-19(22(3)12-25-22)21(15,2)9-7-16(14)20/h13-19,23-24H,4-12H2,1-3H3/t13-,14+,15+,16+,17-,18+,19+,20-,21+,22+/m1/s1. The highest BCUT2D eigenvalue weighted by Gasteiger charge is 2.66. The molecule has 1 aliphatic heterocycles. The molecule has 1 saturated heterocycles. The molecule has 5 aliphatic rings. The number of ether oxygens (including phenoxy) is 1. The topological polar surface area (TPSA) is 53.0 Å². The van der Waals surface area contributed by atoms with Gasteiger partial charge in [-0.25, -0.2) is 0 Å². The Bertz CT molecular complexity index is 557. The van der Waals surface area contributed by atoms with E-state index in [0.29, 0.717) is 23.2 Å². The van der Waals surface area contributed by atoms with Gasteiger partial charge in [-0.05, 0) is 98.7 Å². The molecule has 4 aliphatic carbocycles. The van der Waals surface area contributed by atoms with Crippen LogP contribution in [-0.2, 0) is 4.74 Å². The van der Waals surface area contributed by atoms with E-state index in [-0.39, 0.29) is 23.2 Å². The molecule has 0 amide bonds. The van der Waals surface area contributed by atoms with E-state index in [4.69, 9.17) is 4.74 Å². The van der Waals surface area contributed by atoms with E-state index < -0.39 is 0 Å². The monoisotopic (exact) mass is 348 g/mol. The van der Waals surface area contributed by atoms with Crippen LogP contribution in [0.3, 0.4) is 0 Å². The van der Waals surface area contributed by atoms with Gasteiger partial charge in [-0.2, -0.15) is 0 Å². The summed E-state index contributed by atoms with van der Waals surface area (Å²) in [6.45, 7) is 8.27. The van der Waals surface area contributed by atoms with Gasteiger partial charge in [0.25, 0.3) is 0 Å². The SMILES string of the molecule is C[C@]12CC[C@@H](O)C[C@@H]1[C@@H](O)C[C@@H]1[C@@H]2CC[C@@]2(C)[C@H]1CC[C@@H]2[C@]1(C)CO1.